The Balaban J connectivity index is 1.50. The van der Waals surface area contributed by atoms with Gasteiger partial charge in [0.25, 0.3) is 0 Å². The summed E-state index contributed by atoms with van der Waals surface area (Å²) < 4.78 is 5.79. The van der Waals surface area contributed by atoms with Crippen molar-refractivity contribution in [1.82, 2.24) is 20.3 Å². The number of carboxylic acid groups (broad SMARTS) is 1. The Labute approximate surface area is 144 Å². The topological polar surface area (TPSA) is 100 Å². The number of carbonyl (C=O) groups is 1. The number of fused-ring (bicyclic) bond motifs is 1. The fourth-order valence-electron chi connectivity index (χ4n) is 2.72. The standard InChI is InChI=1S/C18H18N4O3/c23-18(24)15-9-20-16-4-3-13(8-14(15)16)25-17-7-12(21-10-22-17)5-6-19-11-1-2-11/h3-4,7-11,19-20H,1-2,5-6H2,(H,23,24). The Kier molecular flexibility index (Phi) is 4.07. The summed E-state index contributed by atoms with van der Waals surface area (Å²) in [6.07, 6.45) is 6.30. The van der Waals surface area contributed by atoms with Crippen molar-refractivity contribution in [3.8, 4) is 11.6 Å². The molecule has 2 heterocycles. The van der Waals surface area contributed by atoms with Gasteiger partial charge < -0.3 is 20.1 Å². The summed E-state index contributed by atoms with van der Waals surface area (Å²) in [6.45, 7) is 0.887. The van der Waals surface area contributed by atoms with Crippen molar-refractivity contribution in [3.05, 3.63) is 48.0 Å². The van der Waals surface area contributed by atoms with Gasteiger partial charge in [-0.15, -0.1) is 0 Å². The van der Waals surface area contributed by atoms with Gasteiger partial charge in [-0.3, -0.25) is 0 Å². The molecule has 1 aliphatic carbocycles. The van der Waals surface area contributed by atoms with E-state index < -0.39 is 5.97 Å². The van der Waals surface area contributed by atoms with Crippen LogP contribution in [0.3, 0.4) is 0 Å². The van der Waals surface area contributed by atoms with Crippen molar-refractivity contribution in [2.75, 3.05) is 6.54 Å². The van der Waals surface area contributed by atoms with Crippen LogP contribution in [0.1, 0.15) is 28.9 Å². The molecule has 25 heavy (non-hydrogen) atoms. The average molecular weight is 338 g/mol. The van der Waals surface area contributed by atoms with Gasteiger partial charge in [-0.05, 0) is 31.0 Å². The van der Waals surface area contributed by atoms with Crippen LogP contribution in [0.15, 0.2) is 36.8 Å². The zero-order chi connectivity index (χ0) is 17.2. The number of rotatable bonds is 7. The van der Waals surface area contributed by atoms with Crippen LogP contribution in [0.4, 0.5) is 0 Å². The first-order valence-corrected chi connectivity index (χ1v) is 8.25. The third-order valence-corrected chi connectivity index (χ3v) is 4.20. The summed E-state index contributed by atoms with van der Waals surface area (Å²) in [5.41, 5.74) is 1.88. The van der Waals surface area contributed by atoms with Crippen molar-refractivity contribution < 1.29 is 14.6 Å². The molecule has 4 rings (SSSR count). The minimum Gasteiger partial charge on any atom is -0.478 e. The number of carboxylic acids is 1. The molecule has 1 aliphatic rings. The number of H-pyrrole nitrogens is 1. The lowest BCUT2D eigenvalue weighted by Crippen LogP contribution is -2.19. The zero-order valence-electron chi connectivity index (χ0n) is 13.5. The van der Waals surface area contributed by atoms with Crippen LogP contribution >= 0.6 is 0 Å². The van der Waals surface area contributed by atoms with Gasteiger partial charge in [0, 0.05) is 47.9 Å². The van der Waals surface area contributed by atoms with Crippen molar-refractivity contribution in [2.45, 2.75) is 25.3 Å². The van der Waals surface area contributed by atoms with Crippen LogP contribution in [-0.4, -0.2) is 38.6 Å². The van der Waals surface area contributed by atoms with E-state index in [4.69, 9.17) is 4.74 Å². The first kappa shape index (κ1) is 15.6. The minimum atomic E-state index is -0.976. The van der Waals surface area contributed by atoms with Crippen molar-refractivity contribution in [1.29, 1.82) is 0 Å². The Morgan fingerprint density at radius 1 is 1.32 bits per heavy atom. The second-order valence-electron chi connectivity index (χ2n) is 6.14. The van der Waals surface area contributed by atoms with E-state index in [0.717, 1.165) is 24.2 Å². The number of aromatic nitrogens is 3. The molecule has 0 unspecified atom stereocenters. The number of ether oxygens (including phenoxy) is 1. The van der Waals surface area contributed by atoms with Gasteiger partial charge in [0.05, 0.1) is 5.56 Å². The number of aromatic amines is 1. The number of aromatic carboxylic acids is 1. The van der Waals surface area contributed by atoms with E-state index in [-0.39, 0.29) is 5.56 Å². The smallest absolute Gasteiger partial charge is 0.337 e. The molecule has 0 radical (unpaired) electrons. The van der Waals surface area contributed by atoms with E-state index in [1.807, 2.05) is 6.07 Å². The normalized spacial score (nSPS) is 13.9. The molecule has 3 aromatic rings. The number of nitrogens with zero attached hydrogens (tertiary/aromatic N) is 2. The second-order valence-corrected chi connectivity index (χ2v) is 6.14. The third-order valence-electron chi connectivity index (χ3n) is 4.20. The summed E-state index contributed by atoms with van der Waals surface area (Å²) in [6, 6.07) is 7.76. The summed E-state index contributed by atoms with van der Waals surface area (Å²) in [5, 5.41) is 13.3. The lowest BCUT2D eigenvalue weighted by Gasteiger charge is -2.07. The molecule has 2 aromatic heterocycles. The van der Waals surface area contributed by atoms with E-state index >= 15 is 0 Å². The van der Waals surface area contributed by atoms with Crippen molar-refractivity contribution in [2.24, 2.45) is 0 Å². The highest BCUT2D eigenvalue weighted by molar-refractivity contribution is 6.03. The van der Waals surface area contributed by atoms with Crippen molar-refractivity contribution >= 4 is 16.9 Å². The molecule has 7 nitrogen and oxygen atoms in total. The maximum atomic E-state index is 11.3. The quantitative estimate of drug-likeness (QED) is 0.612. The van der Waals surface area contributed by atoms with Gasteiger partial charge in [0.2, 0.25) is 5.88 Å². The van der Waals surface area contributed by atoms with Crippen LogP contribution in [0.5, 0.6) is 11.6 Å². The molecule has 0 atom stereocenters. The van der Waals surface area contributed by atoms with E-state index in [1.165, 1.54) is 25.4 Å². The fraction of sp³-hybridized carbons (Fsp3) is 0.278. The van der Waals surface area contributed by atoms with Crippen LogP contribution in [0.2, 0.25) is 0 Å². The SMILES string of the molecule is O=C(O)c1c[nH]c2ccc(Oc3cc(CCNC4CC4)ncn3)cc12. The Hall–Kier alpha value is -2.93. The lowest BCUT2D eigenvalue weighted by molar-refractivity contribution is 0.0699. The first-order valence-electron chi connectivity index (χ1n) is 8.25. The molecule has 1 saturated carbocycles. The molecule has 0 aliphatic heterocycles. The van der Waals surface area contributed by atoms with Gasteiger partial charge in [-0.25, -0.2) is 14.8 Å². The molecule has 7 heteroatoms. The van der Waals surface area contributed by atoms with Crippen LogP contribution in [0, 0.1) is 0 Å². The molecule has 1 fully saturated rings. The minimum absolute atomic E-state index is 0.218. The zero-order valence-corrected chi connectivity index (χ0v) is 13.5. The maximum Gasteiger partial charge on any atom is 0.337 e. The highest BCUT2D eigenvalue weighted by Crippen LogP contribution is 2.27. The Bertz CT molecular complexity index is 918. The summed E-state index contributed by atoms with van der Waals surface area (Å²) in [7, 11) is 0. The van der Waals surface area contributed by atoms with E-state index in [2.05, 4.69) is 20.3 Å². The lowest BCUT2D eigenvalue weighted by atomic mass is 10.1. The number of hydrogen-bond acceptors (Lipinski definition) is 5. The summed E-state index contributed by atoms with van der Waals surface area (Å²) >= 11 is 0. The van der Waals surface area contributed by atoms with E-state index in [0.29, 0.717) is 23.1 Å². The highest BCUT2D eigenvalue weighted by atomic mass is 16.5. The molecule has 0 amide bonds. The predicted octanol–water partition coefficient (Wildman–Crippen LogP) is 2.74. The molecule has 128 valence electrons. The predicted molar refractivity (Wildman–Crippen MR) is 92.1 cm³/mol. The van der Waals surface area contributed by atoms with Gasteiger partial charge in [-0.1, -0.05) is 0 Å². The fourth-order valence-corrected chi connectivity index (χ4v) is 2.72. The van der Waals surface area contributed by atoms with Crippen molar-refractivity contribution in [3.63, 3.8) is 0 Å². The molecular formula is C18H18N4O3. The maximum absolute atomic E-state index is 11.3. The second kappa shape index (κ2) is 6.52. The van der Waals surface area contributed by atoms with Crippen LogP contribution in [0.25, 0.3) is 10.9 Å². The summed E-state index contributed by atoms with van der Waals surface area (Å²) in [5.74, 6) is 0.00873. The number of nitrogens with one attached hydrogen (secondary N) is 2. The first-order chi connectivity index (χ1) is 12.2. The van der Waals surface area contributed by atoms with Gasteiger partial charge >= 0.3 is 5.97 Å². The Morgan fingerprint density at radius 3 is 3.00 bits per heavy atom. The monoisotopic (exact) mass is 338 g/mol. The molecular weight excluding hydrogens is 320 g/mol. The van der Waals surface area contributed by atoms with Gasteiger partial charge in [-0.2, -0.15) is 0 Å². The molecule has 0 bridgehead atoms. The van der Waals surface area contributed by atoms with Gasteiger partial charge in [0.1, 0.15) is 12.1 Å². The number of benzene rings is 1. The largest absolute Gasteiger partial charge is 0.478 e. The van der Waals surface area contributed by atoms with Gasteiger partial charge in [0.15, 0.2) is 0 Å². The van der Waals surface area contributed by atoms with E-state index in [1.54, 1.807) is 18.2 Å². The Morgan fingerprint density at radius 2 is 2.20 bits per heavy atom. The van der Waals surface area contributed by atoms with E-state index in [9.17, 15) is 9.90 Å². The number of hydrogen-bond donors (Lipinski definition) is 3. The molecule has 0 saturated heterocycles. The van der Waals surface area contributed by atoms with Crippen LogP contribution < -0.4 is 10.1 Å². The van der Waals surface area contributed by atoms with Crippen LogP contribution in [-0.2, 0) is 6.42 Å². The third kappa shape index (κ3) is 3.61. The molecule has 0 spiro atoms. The summed E-state index contributed by atoms with van der Waals surface area (Å²) in [4.78, 5) is 22.6. The molecule has 3 N–H and O–H groups in total. The molecule has 1 aromatic carbocycles. The highest BCUT2D eigenvalue weighted by Gasteiger charge is 2.19. The average Bonchev–Trinajstić information content (AvgIpc) is 3.32.